The van der Waals surface area contributed by atoms with Crippen LogP contribution in [-0.2, 0) is 14.3 Å². The Hall–Kier alpha value is -1.10. The second-order valence-corrected chi connectivity index (χ2v) is 7.24. The fourth-order valence-corrected chi connectivity index (χ4v) is 2.80. The van der Waals surface area contributed by atoms with Crippen LogP contribution in [-0.4, -0.2) is 49.6 Å². The summed E-state index contributed by atoms with van der Waals surface area (Å²) in [5.74, 6) is -1.43. The second-order valence-electron chi connectivity index (χ2n) is 7.24. The number of likely N-dealkylation sites (N-methyl/N-ethyl adjacent to an activating group) is 1. The molecule has 5 heteroatoms. The van der Waals surface area contributed by atoms with E-state index >= 15 is 0 Å². The van der Waals surface area contributed by atoms with Crippen LogP contribution in [0.1, 0.15) is 47.0 Å². The molecule has 0 radical (unpaired) electrons. The van der Waals surface area contributed by atoms with Crippen molar-refractivity contribution in [3.63, 3.8) is 0 Å². The van der Waals surface area contributed by atoms with Crippen molar-refractivity contribution in [2.45, 2.75) is 52.5 Å². The van der Waals surface area contributed by atoms with Crippen molar-refractivity contribution in [2.24, 2.45) is 11.3 Å². The van der Waals surface area contributed by atoms with Crippen molar-refractivity contribution in [2.75, 3.05) is 27.2 Å². The predicted octanol–water partition coefficient (Wildman–Crippen LogP) is 1.81. The van der Waals surface area contributed by atoms with Crippen molar-refractivity contribution in [3.05, 3.63) is 0 Å². The normalized spacial score (nSPS) is 18.8. The minimum absolute atomic E-state index is 0.0484. The van der Waals surface area contributed by atoms with Crippen molar-refractivity contribution in [1.29, 1.82) is 0 Å². The quantitative estimate of drug-likeness (QED) is 0.600. The molecule has 1 saturated carbocycles. The highest BCUT2D eigenvalue weighted by Crippen LogP contribution is 2.35. The Labute approximate surface area is 128 Å². The molecule has 1 aliphatic rings. The number of hydrogen-bond acceptors (Lipinski definition) is 4. The van der Waals surface area contributed by atoms with E-state index in [1.54, 1.807) is 6.92 Å². The molecule has 21 heavy (non-hydrogen) atoms. The topological polar surface area (TPSA) is 58.6 Å². The van der Waals surface area contributed by atoms with Crippen LogP contribution < -0.4 is 5.32 Å². The van der Waals surface area contributed by atoms with E-state index in [0.29, 0.717) is 13.2 Å². The Morgan fingerprint density at radius 3 is 2.19 bits per heavy atom. The van der Waals surface area contributed by atoms with Gasteiger partial charge in [-0.1, -0.05) is 20.8 Å². The summed E-state index contributed by atoms with van der Waals surface area (Å²) in [6.07, 6.45) is 3.36. The first-order valence-electron chi connectivity index (χ1n) is 7.76. The fraction of sp³-hybridized carbons (Fsp3) is 0.875. The lowest BCUT2D eigenvalue weighted by Gasteiger charge is -2.47. The lowest BCUT2D eigenvalue weighted by molar-refractivity contribution is -0.157. The number of hydrogen-bond donors (Lipinski definition) is 1. The minimum atomic E-state index is -0.767. The first kappa shape index (κ1) is 18.0. The largest absolute Gasteiger partial charge is 0.465 e. The van der Waals surface area contributed by atoms with Gasteiger partial charge >= 0.3 is 5.97 Å². The molecule has 1 fully saturated rings. The lowest BCUT2D eigenvalue weighted by Crippen LogP contribution is -2.58. The summed E-state index contributed by atoms with van der Waals surface area (Å²) in [5.41, 5.74) is -0.409. The molecule has 5 nitrogen and oxygen atoms in total. The molecule has 1 aliphatic carbocycles. The fourth-order valence-electron chi connectivity index (χ4n) is 2.80. The molecule has 1 unspecified atom stereocenters. The van der Waals surface area contributed by atoms with Gasteiger partial charge in [-0.25, -0.2) is 0 Å². The first-order chi connectivity index (χ1) is 9.64. The summed E-state index contributed by atoms with van der Waals surface area (Å²) in [6.45, 7) is 8.30. The molecular formula is C16H30N2O3. The molecular weight excluding hydrogens is 268 g/mol. The van der Waals surface area contributed by atoms with Gasteiger partial charge in [0.2, 0.25) is 5.91 Å². The van der Waals surface area contributed by atoms with Gasteiger partial charge in [0.1, 0.15) is 5.92 Å². The Kier molecular flexibility index (Phi) is 5.79. The molecule has 0 saturated heterocycles. The highest BCUT2D eigenvalue weighted by atomic mass is 16.5. The van der Waals surface area contributed by atoms with Gasteiger partial charge in [0.25, 0.3) is 0 Å². The molecule has 1 atom stereocenters. The van der Waals surface area contributed by atoms with Crippen LogP contribution in [0, 0.1) is 11.3 Å². The molecule has 1 amide bonds. The van der Waals surface area contributed by atoms with E-state index in [9.17, 15) is 9.59 Å². The van der Waals surface area contributed by atoms with Crippen LogP contribution in [0.15, 0.2) is 0 Å². The number of esters is 1. The third kappa shape index (κ3) is 4.19. The van der Waals surface area contributed by atoms with Gasteiger partial charge in [-0.15, -0.1) is 0 Å². The van der Waals surface area contributed by atoms with Gasteiger partial charge in [-0.2, -0.15) is 0 Å². The van der Waals surface area contributed by atoms with Crippen LogP contribution in [0.5, 0.6) is 0 Å². The molecule has 1 N–H and O–H groups in total. The monoisotopic (exact) mass is 298 g/mol. The average molecular weight is 298 g/mol. The molecule has 0 aromatic heterocycles. The summed E-state index contributed by atoms with van der Waals surface area (Å²) in [4.78, 5) is 26.7. The molecule has 0 aliphatic heterocycles. The zero-order valence-electron chi connectivity index (χ0n) is 14.3. The van der Waals surface area contributed by atoms with E-state index in [0.717, 1.165) is 12.8 Å². The zero-order chi connectivity index (χ0) is 16.3. The van der Waals surface area contributed by atoms with E-state index in [4.69, 9.17) is 4.74 Å². The summed E-state index contributed by atoms with van der Waals surface area (Å²) < 4.78 is 5.06. The molecule has 1 rings (SSSR count). The van der Waals surface area contributed by atoms with Gasteiger partial charge in [-0.3, -0.25) is 9.59 Å². The number of nitrogens with zero attached hydrogens (tertiary/aromatic N) is 1. The second kappa shape index (κ2) is 6.77. The first-order valence-corrected chi connectivity index (χ1v) is 7.76. The van der Waals surface area contributed by atoms with Crippen LogP contribution in [0.2, 0.25) is 0 Å². The number of ether oxygens (including phenoxy) is 1. The maximum absolute atomic E-state index is 12.5. The highest BCUT2D eigenvalue weighted by Gasteiger charge is 2.42. The number of nitrogens with one attached hydrogen (secondary N) is 1. The maximum Gasteiger partial charge on any atom is 0.319 e. The van der Waals surface area contributed by atoms with Gasteiger partial charge in [0.15, 0.2) is 0 Å². The van der Waals surface area contributed by atoms with Gasteiger partial charge in [-0.05, 0) is 45.7 Å². The van der Waals surface area contributed by atoms with Crippen molar-refractivity contribution in [1.82, 2.24) is 10.2 Å². The molecule has 0 spiro atoms. The number of carbonyl (C=O) groups is 2. The number of amides is 1. The van der Waals surface area contributed by atoms with E-state index in [1.165, 1.54) is 6.42 Å². The summed E-state index contributed by atoms with van der Waals surface area (Å²) in [5, 5.41) is 2.97. The maximum atomic E-state index is 12.5. The molecule has 0 bridgehead atoms. The number of carbonyl (C=O) groups excluding carboxylic acids is 2. The Balaban J connectivity index is 2.71. The smallest absolute Gasteiger partial charge is 0.319 e. The Morgan fingerprint density at radius 1 is 1.29 bits per heavy atom. The van der Waals surface area contributed by atoms with Crippen LogP contribution in [0.25, 0.3) is 0 Å². The van der Waals surface area contributed by atoms with Gasteiger partial charge in [0.05, 0.1) is 6.61 Å². The number of rotatable bonds is 6. The van der Waals surface area contributed by atoms with E-state index in [-0.39, 0.29) is 11.4 Å². The van der Waals surface area contributed by atoms with Gasteiger partial charge in [0, 0.05) is 12.1 Å². The third-order valence-corrected chi connectivity index (χ3v) is 4.48. The lowest BCUT2D eigenvalue weighted by atomic mass is 9.75. The van der Waals surface area contributed by atoms with E-state index < -0.39 is 17.3 Å². The summed E-state index contributed by atoms with van der Waals surface area (Å²) in [6, 6.07) is 0. The van der Waals surface area contributed by atoms with Crippen molar-refractivity contribution >= 4 is 11.9 Å². The predicted molar refractivity (Wildman–Crippen MR) is 82.9 cm³/mol. The SMILES string of the molecule is CCOC(=O)C(C(=O)NCC1(N(C)C)CCC1)C(C)(C)C. The van der Waals surface area contributed by atoms with Crippen LogP contribution >= 0.6 is 0 Å². The van der Waals surface area contributed by atoms with Crippen molar-refractivity contribution in [3.8, 4) is 0 Å². The van der Waals surface area contributed by atoms with Crippen LogP contribution in [0.4, 0.5) is 0 Å². The average Bonchev–Trinajstić information content (AvgIpc) is 2.25. The summed E-state index contributed by atoms with van der Waals surface area (Å²) >= 11 is 0. The summed E-state index contributed by atoms with van der Waals surface area (Å²) in [7, 11) is 4.08. The molecule has 0 aromatic carbocycles. The minimum Gasteiger partial charge on any atom is -0.465 e. The third-order valence-electron chi connectivity index (χ3n) is 4.48. The van der Waals surface area contributed by atoms with Gasteiger partial charge < -0.3 is 15.0 Å². The molecule has 0 aromatic rings. The zero-order valence-corrected chi connectivity index (χ0v) is 14.3. The Morgan fingerprint density at radius 2 is 1.86 bits per heavy atom. The van der Waals surface area contributed by atoms with Crippen LogP contribution in [0.3, 0.4) is 0 Å². The molecule has 122 valence electrons. The Bertz CT molecular complexity index is 381. The van der Waals surface area contributed by atoms with Crippen molar-refractivity contribution < 1.29 is 14.3 Å². The van der Waals surface area contributed by atoms with E-state index in [1.807, 2.05) is 34.9 Å². The highest BCUT2D eigenvalue weighted by molar-refractivity contribution is 5.98. The molecule has 0 heterocycles. The standard InChI is InChI=1S/C16H30N2O3/c1-7-21-14(20)12(15(2,3)4)13(19)17-11-16(18(5)6)9-8-10-16/h12H,7-11H2,1-6H3,(H,17,19). The van der Waals surface area contributed by atoms with E-state index in [2.05, 4.69) is 10.2 Å².